The number of ether oxygens (including phenoxy) is 1. The Labute approximate surface area is 206 Å². The maximum absolute atomic E-state index is 13.9. The average molecular weight is 503 g/mol. The monoisotopic (exact) mass is 502 g/mol. The van der Waals surface area contributed by atoms with Gasteiger partial charge in [-0.3, -0.25) is 9.59 Å². The summed E-state index contributed by atoms with van der Waals surface area (Å²) in [6, 6.07) is 8.01. The molecule has 1 aliphatic rings. The highest BCUT2D eigenvalue weighted by Gasteiger charge is 2.35. The van der Waals surface area contributed by atoms with Crippen LogP contribution in [0.1, 0.15) is 60.5 Å². The van der Waals surface area contributed by atoms with Crippen molar-refractivity contribution in [2.24, 2.45) is 0 Å². The van der Waals surface area contributed by atoms with Crippen LogP contribution >= 0.6 is 0 Å². The molecule has 7 nitrogen and oxygen atoms in total. The van der Waals surface area contributed by atoms with E-state index in [0.717, 1.165) is 12.5 Å². The Kier molecular flexibility index (Phi) is 7.08. The molecule has 0 radical (unpaired) electrons. The number of aromatic amines is 1. The lowest BCUT2D eigenvalue weighted by atomic mass is 9.98. The van der Waals surface area contributed by atoms with Gasteiger partial charge in [-0.2, -0.15) is 13.2 Å². The van der Waals surface area contributed by atoms with Gasteiger partial charge in [0.15, 0.2) is 0 Å². The topological polar surface area (TPSA) is 87.3 Å². The number of fused-ring (bicyclic) bond motifs is 1. The molecule has 1 fully saturated rings. The van der Waals surface area contributed by atoms with E-state index in [1.807, 2.05) is 13.8 Å². The number of nitrogens with one attached hydrogen (secondary N) is 2. The number of hydrogen-bond acceptors (Lipinski definition) is 5. The number of aromatic nitrogens is 2. The highest BCUT2D eigenvalue weighted by Crippen LogP contribution is 2.37. The smallest absolute Gasteiger partial charge is 0.379 e. The molecule has 2 heterocycles. The Morgan fingerprint density at radius 2 is 1.89 bits per heavy atom. The van der Waals surface area contributed by atoms with Crippen LogP contribution in [-0.4, -0.2) is 46.1 Å². The van der Waals surface area contributed by atoms with E-state index >= 15 is 0 Å². The van der Waals surface area contributed by atoms with Crippen molar-refractivity contribution in [3.63, 3.8) is 0 Å². The van der Waals surface area contributed by atoms with Gasteiger partial charge in [0.1, 0.15) is 5.82 Å². The lowest BCUT2D eigenvalue weighted by Gasteiger charge is -2.23. The largest absolute Gasteiger partial charge is 0.416 e. The predicted molar refractivity (Wildman–Crippen MR) is 131 cm³/mol. The van der Waals surface area contributed by atoms with Crippen molar-refractivity contribution >= 4 is 22.5 Å². The minimum absolute atomic E-state index is 0.00925. The van der Waals surface area contributed by atoms with Crippen molar-refractivity contribution in [2.75, 3.05) is 18.4 Å². The first-order valence-electron chi connectivity index (χ1n) is 11.9. The first kappa shape index (κ1) is 25.7. The Morgan fingerprint density at radius 3 is 2.56 bits per heavy atom. The van der Waals surface area contributed by atoms with Crippen LogP contribution in [0.5, 0.6) is 0 Å². The number of aryl methyl sites for hydroxylation is 1. The van der Waals surface area contributed by atoms with Gasteiger partial charge in [-0.1, -0.05) is 0 Å². The predicted octanol–water partition coefficient (Wildman–Crippen LogP) is 5.06. The van der Waals surface area contributed by atoms with Gasteiger partial charge < -0.3 is 19.9 Å². The maximum atomic E-state index is 13.9. The normalized spacial score (nSPS) is 19.7. The summed E-state index contributed by atoms with van der Waals surface area (Å²) in [7, 11) is 0. The number of nitrogens with zero attached hydrogens (tertiary/aromatic N) is 2. The van der Waals surface area contributed by atoms with Gasteiger partial charge in [-0.05, 0) is 76.1 Å². The van der Waals surface area contributed by atoms with E-state index in [9.17, 15) is 22.8 Å². The highest BCUT2D eigenvalue weighted by atomic mass is 19.4. The molecule has 36 heavy (non-hydrogen) atoms. The molecule has 1 saturated heterocycles. The van der Waals surface area contributed by atoms with Crippen molar-refractivity contribution in [1.82, 2.24) is 14.9 Å². The van der Waals surface area contributed by atoms with Gasteiger partial charge >= 0.3 is 6.18 Å². The fourth-order valence-corrected chi connectivity index (χ4v) is 4.57. The molecular weight excluding hydrogens is 473 g/mol. The quantitative estimate of drug-likeness (QED) is 0.521. The van der Waals surface area contributed by atoms with E-state index < -0.39 is 23.3 Å². The number of carbonyl (C=O) groups is 1. The molecule has 3 aromatic rings. The summed E-state index contributed by atoms with van der Waals surface area (Å²) in [4.78, 5) is 33.7. The number of hydrogen-bond donors (Lipinski definition) is 2. The number of halogens is 3. The molecule has 1 amide bonds. The lowest BCUT2D eigenvalue weighted by Crippen LogP contribution is -2.35. The van der Waals surface area contributed by atoms with E-state index in [1.165, 1.54) is 13.0 Å². The second-order valence-electron chi connectivity index (χ2n) is 9.35. The van der Waals surface area contributed by atoms with E-state index in [0.29, 0.717) is 24.3 Å². The van der Waals surface area contributed by atoms with Crippen molar-refractivity contribution in [1.29, 1.82) is 0 Å². The summed E-state index contributed by atoms with van der Waals surface area (Å²) >= 11 is 0. The van der Waals surface area contributed by atoms with Crippen LogP contribution in [0.3, 0.4) is 0 Å². The third kappa shape index (κ3) is 5.53. The molecule has 0 saturated carbocycles. The molecule has 10 heteroatoms. The van der Waals surface area contributed by atoms with E-state index in [-0.39, 0.29) is 40.4 Å². The van der Waals surface area contributed by atoms with Crippen LogP contribution in [0.4, 0.5) is 18.9 Å². The van der Waals surface area contributed by atoms with Gasteiger partial charge in [-0.15, -0.1) is 0 Å². The number of alkyl halides is 3. The minimum Gasteiger partial charge on any atom is -0.379 e. The molecule has 1 aromatic heterocycles. The molecule has 0 bridgehead atoms. The Hall–Kier alpha value is -3.40. The lowest BCUT2D eigenvalue weighted by molar-refractivity contribution is -0.138. The van der Waals surface area contributed by atoms with E-state index in [1.54, 1.807) is 36.1 Å². The minimum atomic E-state index is -4.63. The zero-order valence-electron chi connectivity index (χ0n) is 20.6. The maximum Gasteiger partial charge on any atom is 0.416 e. The first-order valence-corrected chi connectivity index (χ1v) is 11.9. The SMILES string of the molecule is Cc1nc2cc(C(F)(F)F)c([C@H](C)Nc3ccc(C(=O)N4CC[C@H](C)O[C@H](C)C4)cc3)cc2c(=O)[nH]1. The molecule has 0 unspecified atom stereocenters. The summed E-state index contributed by atoms with van der Waals surface area (Å²) in [6.45, 7) is 8.11. The van der Waals surface area contributed by atoms with Crippen molar-refractivity contribution < 1.29 is 22.7 Å². The number of carbonyl (C=O) groups excluding carboxylic acids is 1. The highest BCUT2D eigenvalue weighted by molar-refractivity contribution is 5.94. The molecule has 4 rings (SSSR count). The standard InChI is InChI=1S/C26H29F3N4O3/c1-14-9-10-33(13-15(2)36-14)25(35)18-5-7-19(8-6-18)30-16(3)20-11-21-23(12-22(20)26(27,28)29)31-17(4)32-24(21)34/h5-8,11-12,14-16,30H,9-10,13H2,1-4H3,(H,31,32,34)/t14-,15+,16-/m0/s1. The Morgan fingerprint density at radius 1 is 1.19 bits per heavy atom. The third-order valence-electron chi connectivity index (χ3n) is 6.32. The number of amides is 1. The summed E-state index contributed by atoms with van der Waals surface area (Å²) in [5.41, 5.74) is -0.394. The van der Waals surface area contributed by atoms with Crippen LogP contribution in [0.25, 0.3) is 10.9 Å². The fourth-order valence-electron chi connectivity index (χ4n) is 4.57. The molecule has 3 atom stereocenters. The van der Waals surface area contributed by atoms with Gasteiger partial charge in [-0.25, -0.2) is 4.98 Å². The Balaban J connectivity index is 1.57. The van der Waals surface area contributed by atoms with Crippen molar-refractivity contribution in [3.05, 3.63) is 69.3 Å². The van der Waals surface area contributed by atoms with Crippen LogP contribution in [-0.2, 0) is 10.9 Å². The van der Waals surface area contributed by atoms with Gasteiger partial charge in [0.05, 0.1) is 28.7 Å². The summed E-state index contributed by atoms with van der Waals surface area (Å²) in [5.74, 6) is 0.126. The average Bonchev–Trinajstić information content (AvgIpc) is 2.97. The molecular formula is C26H29F3N4O3. The third-order valence-corrected chi connectivity index (χ3v) is 6.32. The second-order valence-corrected chi connectivity index (χ2v) is 9.35. The van der Waals surface area contributed by atoms with E-state index in [2.05, 4.69) is 15.3 Å². The van der Waals surface area contributed by atoms with Crippen LogP contribution in [0.15, 0.2) is 41.2 Å². The summed E-state index contributed by atoms with van der Waals surface area (Å²) in [5, 5.41) is 3.14. The van der Waals surface area contributed by atoms with Crippen molar-refractivity contribution in [3.8, 4) is 0 Å². The summed E-state index contributed by atoms with van der Waals surface area (Å²) < 4.78 is 47.4. The number of anilines is 1. The molecule has 0 spiro atoms. The number of H-pyrrole nitrogens is 1. The Bertz CT molecular complexity index is 1320. The molecule has 2 aromatic carbocycles. The van der Waals surface area contributed by atoms with Crippen LogP contribution < -0.4 is 10.9 Å². The number of benzene rings is 2. The second kappa shape index (κ2) is 9.93. The first-order chi connectivity index (χ1) is 16.9. The zero-order valence-corrected chi connectivity index (χ0v) is 20.6. The van der Waals surface area contributed by atoms with Gasteiger partial charge in [0.2, 0.25) is 0 Å². The van der Waals surface area contributed by atoms with Crippen LogP contribution in [0.2, 0.25) is 0 Å². The molecule has 1 aliphatic heterocycles. The van der Waals surface area contributed by atoms with Gasteiger partial charge in [0, 0.05) is 30.4 Å². The van der Waals surface area contributed by atoms with Crippen LogP contribution in [0, 0.1) is 6.92 Å². The van der Waals surface area contributed by atoms with E-state index in [4.69, 9.17) is 4.74 Å². The van der Waals surface area contributed by atoms with Crippen molar-refractivity contribution in [2.45, 2.75) is 58.5 Å². The summed E-state index contributed by atoms with van der Waals surface area (Å²) in [6.07, 6.45) is -3.86. The number of rotatable bonds is 4. The van der Waals surface area contributed by atoms with Gasteiger partial charge in [0.25, 0.3) is 11.5 Å². The zero-order chi connectivity index (χ0) is 26.2. The fraction of sp³-hybridized carbons (Fsp3) is 0.423. The molecule has 0 aliphatic carbocycles. The molecule has 2 N–H and O–H groups in total. The molecule has 192 valence electrons.